The highest BCUT2D eigenvalue weighted by atomic mass is 32.2. The normalized spacial score (nSPS) is 10.8. The van der Waals surface area contributed by atoms with E-state index in [1.165, 1.54) is 4.90 Å². The number of benzene rings is 2. The molecule has 1 amide bonds. The Balaban J connectivity index is 1.61. The Labute approximate surface area is 150 Å². The van der Waals surface area contributed by atoms with Gasteiger partial charge >= 0.3 is 6.01 Å². The minimum absolute atomic E-state index is 0.107. The molecule has 1 heterocycles. The summed E-state index contributed by atoms with van der Waals surface area (Å²) in [6, 6.07) is 17.3. The third-order valence-corrected chi connectivity index (χ3v) is 4.39. The van der Waals surface area contributed by atoms with Crippen molar-refractivity contribution < 1.29 is 9.21 Å². The van der Waals surface area contributed by atoms with Gasteiger partial charge in [0.25, 0.3) is 5.91 Å². The second-order valence-corrected chi connectivity index (χ2v) is 7.46. The predicted molar refractivity (Wildman–Crippen MR) is 98.9 cm³/mol. The van der Waals surface area contributed by atoms with Gasteiger partial charge in [0.15, 0.2) is 0 Å². The van der Waals surface area contributed by atoms with Gasteiger partial charge in [-0.2, -0.15) is 0 Å². The standard InChI is InChI=1S/C19H19N3O2S/c1-13(2)25-16-10-8-14(9-11-16)12-17-21-22-19(24-17)20-18(23)15-6-4-3-5-7-15/h3-11,13H,12H2,1-2H3,(H,20,22,23). The molecule has 0 radical (unpaired) electrons. The molecular weight excluding hydrogens is 334 g/mol. The summed E-state index contributed by atoms with van der Waals surface area (Å²) in [5, 5.41) is 11.0. The molecule has 0 aliphatic carbocycles. The summed E-state index contributed by atoms with van der Waals surface area (Å²) in [6.45, 7) is 4.34. The van der Waals surface area contributed by atoms with Crippen LogP contribution in [0, 0.1) is 0 Å². The Morgan fingerprint density at radius 3 is 2.48 bits per heavy atom. The smallest absolute Gasteiger partial charge is 0.322 e. The van der Waals surface area contributed by atoms with E-state index in [9.17, 15) is 4.79 Å². The fourth-order valence-corrected chi connectivity index (χ4v) is 3.10. The summed E-state index contributed by atoms with van der Waals surface area (Å²) >= 11 is 1.82. The van der Waals surface area contributed by atoms with Crippen LogP contribution < -0.4 is 5.32 Å². The number of aromatic nitrogens is 2. The monoisotopic (exact) mass is 353 g/mol. The van der Waals surface area contributed by atoms with Gasteiger partial charge in [0.05, 0.1) is 6.42 Å². The molecule has 2 aromatic carbocycles. The summed E-state index contributed by atoms with van der Waals surface area (Å²) in [7, 11) is 0. The van der Waals surface area contributed by atoms with Gasteiger partial charge in [-0.05, 0) is 29.8 Å². The van der Waals surface area contributed by atoms with Crippen LogP contribution in [0.25, 0.3) is 0 Å². The number of rotatable bonds is 6. The van der Waals surface area contributed by atoms with Crippen LogP contribution >= 0.6 is 11.8 Å². The Bertz CT molecular complexity index is 829. The lowest BCUT2D eigenvalue weighted by Gasteiger charge is -2.05. The van der Waals surface area contributed by atoms with Crippen molar-refractivity contribution in [3.63, 3.8) is 0 Å². The maximum Gasteiger partial charge on any atom is 0.322 e. The number of carbonyl (C=O) groups is 1. The highest BCUT2D eigenvalue weighted by Gasteiger charge is 2.11. The van der Waals surface area contributed by atoms with Crippen LogP contribution in [0.5, 0.6) is 0 Å². The van der Waals surface area contributed by atoms with E-state index in [4.69, 9.17) is 4.42 Å². The highest BCUT2D eigenvalue weighted by Crippen LogP contribution is 2.23. The molecule has 6 heteroatoms. The van der Waals surface area contributed by atoms with Gasteiger partial charge < -0.3 is 4.42 Å². The van der Waals surface area contributed by atoms with Crippen molar-refractivity contribution in [1.82, 2.24) is 10.2 Å². The molecule has 0 bridgehead atoms. The van der Waals surface area contributed by atoms with Crippen LogP contribution in [0.3, 0.4) is 0 Å². The number of nitrogens with zero attached hydrogens (tertiary/aromatic N) is 2. The first-order valence-electron chi connectivity index (χ1n) is 8.04. The topological polar surface area (TPSA) is 68.0 Å². The number of amides is 1. The second kappa shape index (κ2) is 7.98. The zero-order valence-electron chi connectivity index (χ0n) is 14.1. The van der Waals surface area contributed by atoms with Crippen molar-refractivity contribution in [3.8, 4) is 0 Å². The molecule has 3 rings (SSSR count). The lowest BCUT2D eigenvalue weighted by atomic mass is 10.1. The summed E-state index contributed by atoms with van der Waals surface area (Å²) in [6.07, 6.45) is 0.529. The quantitative estimate of drug-likeness (QED) is 0.665. The van der Waals surface area contributed by atoms with Crippen LogP contribution in [0.2, 0.25) is 0 Å². The molecule has 0 saturated carbocycles. The van der Waals surface area contributed by atoms with Gasteiger partial charge in [-0.3, -0.25) is 10.1 Å². The van der Waals surface area contributed by atoms with Crippen LogP contribution in [-0.4, -0.2) is 21.4 Å². The molecule has 3 aromatic rings. The molecule has 0 aliphatic rings. The number of anilines is 1. The van der Waals surface area contributed by atoms with Gasteiger partial charge in [0.2, 0.25) is 5.89 Å². The molecule has 1 N–H and O–H groups in total. The van der Waals surface area contributed by atoms with E-state index in [1.807, 2.05) is 17.8 Å². The van der Waals surface area contributed by atoms with E-state index in [-0.39, 0.29) is 11.9 Å². The zero-order valence-corrected chi connectivity index (χ0v) is 14.9. The van der Waals surface area contributed by atoms with Crippen molar-refractivity contribution in [3.05, 3.63) is 71.6 Å². The largest absolute Gasteiger partial charge is 0.407 e. The fourth-order valence-electron chi connectivity index (χ4n) is 2.27. The van der Waals surface area contributed by atoms with Gasteiger partial charge in [0, 0.05) is 15.7 Å². The first-order valence-corrected chi connectivity index (χ1v) is 8.92. The maximum absolute atomic E-state index is 12.1. The molecule has 0 fully saturated rings. The highest BCUT2D eigenvalue weighted by molar-refractivity contribution is 7.99. The number of thioether (sulfide) groups is 1. The molecule has 5 nitrogen and oxygen atoms in total. The Morgan fingerprint density at radius 2 is 1.80 bits per heavy atom. The van der Waals surface area contributed by atoms with E-state index in [0.717, 1.165) is 5.56 Å². The molecule has 25 heavy (non-hydrogen) atoms. The minimum atomic E-state index is -0.272. The van der Waals surface area contributed by atoms with E-state index in [0.29, 0.717) is 23.1 Å². The van der Waals surface area contributed by atoms with Crippen LogP contribution in [0.4, 0.5) is 6.01 Å². The van der Waals surface area contributed by atoms with E-state index in [2.05, 4.69) is 53.6 Å². The van der Waals surface area contributed by atoms with Gasteiger partial charge in [-0.25, -0.2) is 0 Å². The third kappa shape index (κ3) is 4.93. The first-order chi connectivity index (χ1) is 12.1. The second-order valence-electron chi connectivity index (χ2n) is 5.81. The number of hydrogen-bond acceptors (Lipinski definition) is 5. The lowest BCUT2D eigenvalue weighted by molar-refractivity contribution is 0.102. The predicted octanol–water partition coefficient (Wildman–Crippen LogP) is 4.41. The fraction of sp³-hybridized carbons (Fsp3) is 0.211. The summed E-state index contributed by atoms with van der Waals surface area (Å²) in [5.74, 6) is 0.193. The molecule has 0 saturated heterocycles. The Kier molecular flexibility index (Phi) is 5.50. The molecule has 1 aromatic heterocycles. The SMILES string of the molecule is CC(C)Sc1ccc(Cc2nnc(NC(=O)c3ccccc3)o2)cc1. The number of hydrogen-bond donors (Lipinski definition) is 1. The van der Waals surface area contributed by atoms with Gasteiger partial charge in [0.1, 0.15) is 0 Å². The minimum Gasteiger partial charge on any atom is -0.407 e. The van der Waals surface area contributed by atoms with Gasteiger partial charge in [-0.1, -0.05) is 49.3 Å². The molecule has 0 atom stereocenters. The summed E-state index contributed by atoms with van der Waals surface area (Å²) < 4.78 is 5.52. The van der Waals surface area contributed by atoms with Crippen molar-refractivity contribution >= 4 is 23.7 Å². The van der Waals surface area contributed by atoms with Crippen molar-refractivity contribution in [1.29, 1.82) is 0 Å². The van der Waals surface area contributed by atoms with Crippen molar-refractivity contribution in [2.24, 2.45) is 0 Å². The molecule has 0 unspecified atom stereocenters. The molecule has 128 valence electrons. The van der Waals surface area contributed by atoms with Crippen molar-refractivity contribution in [2.45, 2.75) is 30.4 Å². The first kappa shape index (κ1) is 17.2. The maximum atomic E-state index is 12.1. The molecular formula is C19H19N3O2S. The number of carbonyl (C=O) groups excluding carboxylic acids is 1. The van der Waals surface area contributed by atoms with Gasteiger partial charge in [-0.15, -0.1) is 16.9 Å². The van der Waals surface area contributed by atoms with Crippen molar-refractivity contribution in [2.75, 3.05) is 5.32 Å². The molecule has 0 aliphatic heterocycles. The van der Waals surface area contributed by atoms with E-state index < -0.39 is 0 Å². The third-order valence-electron chi connectivity index (χ3n) is 3.37. The van der Waals surface area contributed by atoms with E-state index >= 15 is 0 Å². The van der Waals surface area contributed by atoms with E-state index in [1.54, 1.807) is 24.3 Å². The molecule has 0 spiro atoms. The average molecular weight is 353 g/mol. The Hall–Kier alpha value is -2.60. The lowest BCUT2D eigenvalue weighted by Crippen LogP contribution is -2.11. The number of nitrogens with one attached hydrogen (secondary N) is 1. The average Bonchev–Trinajstić information content (AvgIpc) is 3.04. The van der Waals surface area contributed by atoms with Crippen LogP contribution in [0.1, 0.15) is 35.7 Å². The van der Waals surface area contributed by atoms with Crippen LogP contribution in [0.15, 0.2) is 63.9 Å². The summed E-state index contributed by atoms with van der Waals surface area (Å²) in [5.41, 5.74) is 1.62. The van der Waals surface area contributed by atoms with Crippen LogP contribution in [-0.2, 0) is 6.42 Å². The Morgan fingerprint density at radius 1 is 1.08 bits per heavy atom. The zero-order chi connectivity index (χ0) is 17.6. The summed E-state index contributed by atoms with van der Waals surface area (Å²) in [4.78, 5) is 13.3.